The van der Waals surface area contributed by atoms with Gasteiger partial charge in [-0.1, -0.05) is 25.5 Å². The highest BCUT2D eigenvalue weighted by Crippen LogP contribution is 2.15. The fourth-order valence-electron chi connectivity index (χ4n) is 2.68. The van der Waals surface area contributed by atoms with Gasteiger partial charge in [-0.25, -0.2) is 0 Å². The lowest BCUT2D eigenvalue weighted by atomic mass is 10.1. The van der Waals surface area contributed by atoms with Gasteiger partial charge in [-0.15, -0.1) is 0 Å². The predicted molar refractivity (Wildman–Crippen MR) is 92.9 cm³/mol. The molecule has 1 aromatic rings. The summed E-state index contributed by atoms with van der Waals surface area (Å²) in [7, 11) is 0. The maximum Gasteiger partial charge on any atom is 0.173 e. The molecule has 0 bridgehead atoms. The van der Waals surface area contributed by atoms with Gasteiger partial charge in [0, 0.05) is 18.8 Å². The summed E-state index contributed by atoms with van der Waals surface area (Å²) in [4.78, 5) is 2.19. The molecule has 116 valence electrons. The molecule has 0 aromatic heterocycles. The van der Waals surface area contributed by atoms with Crippen molar-refractivity contribution in [3.8, 4) is 0 Å². The van der Waals surface area contributed by atoms with Crippen molar-refractivity contribution in [3.63, 3.8) is 0 Å². The Morgan fingerprint density at radius 3 is 2.43 bits per heavy atom. The zero-order valence-corrected chi connectivity index (χ0v) is 14.1. The van der Waals surface area contributed by atoms with E-state index in [2.05, 4.69) is 55.3 Å². The second kappa shape index (κ2) is 7.76. The first kappa shape index (κ1) is 16.2. The molecule has 4 heteroatoms. The molecule has 1 heterocycles. The Hall–Kier alpha value is -1.13. The molecule has 0 saturated carbocycles. The van der Waals surface area contributed by atoms with Crippen molar-refractivity contribution in [2.75, 3.05) is 18.4 Å². The Morgan fingerprint density at radius 1 is 1.24 bits per heavy atom. The highest BCUT2D eigenvalue weighted by atomic mass is 32.1. The summed E-state index contributed by atoms with van der Waals surface area (Å²) in [5, 5.41) is 4.13. The summed E-state index contributed by atoms with van der Waals surface area (Å²) in [6.45, 7) is 8.11. The molecule has 1 aromatic carbocycles. The predicted octanol–water partition coefficient (Wildman–Crippen LogP) is 3.84. The van der Waals surface area contributed by atoms with E-state index in [0.717, 1.165) is 30.3 Å². The fourth-order valence-corrected chi connectivity index (χ4v) is 2.95. The van der Waals surface area contributed by atoms with E-state index >= 15 is 0 Å². The molecule has 1 aliphatic rings. The van der Waals surface area contributed by atoms with Gasteiger partial charge in [0.25, 0.3) is 0 Å². The van der Waals surface area contributed by atoms with Crippen LogP contribution >= 0.6 is 12.2 Å². The number of nitrogens with zero attached hydrogens (tertiary/aromatic N) is 1. The molecule has 0 radical (unpaired) electrons. The van der Waals surface area contributed by atoms with Crippen LogP contribution in [-0.2, 0) is 11.2 Å². The highest BCUT2D eigenvalue weighted by molar-refractivity contribution is 7.80. The minimum Gasteiger partial charge on any atom is -0.372 e. The zero-order chi connectivity index (χ0) is 15.2. The smallest absolute Gasteiger partial charge is 0.173 e. The van der Waals surface area contributed by atoms with Crippen molar-refractivity contribution in [1.82, 2.24) is 4.90 Å². The van der Waals surface area contributed by atoms with Crippen LogP contribution in [0.4, 0.5) is 5.69 Å². The Balaban J connectivity index is 1.90. The SMILES string of the molecule is CCCCc1ccc(NC(=S)N2C[C@H](C)O[C@@H](C)C2)cc1. The summed E-state index contributed by atoms with van der Waals surface area (Å²) in [5.74, 6) is 0. The number of rotatable bonds is 4. The fraction of sp³-hybridized carbons (Fsp3) is 0.588. The normalized spacial score (nSPS) is 22.1. The zero-order valence-electron chi connectivity index (χ0n) is 13.3. The van der Waals surface area contributed by atoms with Gasteiger partial charge in [-0.3, -0.25) is 0 Å². The van der Waals surface area contributed by atoms with E-state index in [1.165, 1.54) is 18.4 Å². The van der Waals surface area contributed by atoms with Crippen LogP contribution < -0.4 is 5.32 Å². The molecule has 1 saturated heterocycles. The molecule has 2 atom stereocenters. The summed E-state index contributed by atoms with van der Waals surface area (Å²) in [6, 6.07) is 8.60. The molecule has 1 N–H and O–H groups in total. The van der Waals surface area contributed by atoms with Gasteiger partial charge in [0.1, 0.15) is 0 Å². The Morgan fingerprint density at radius 2 is 1.86 bits per heavy atom. The lowest BCUT2D eigenvalue weighted by Gasteiger charge is -2.36. The third kappa shape index (κ3) is 4.97. The molecule has 1 aliphatic heterocycles. The lowest BCUT2D eigenvalue weighted by molar-refractivity contribution is -0.0473. The third-order valence-electron chi connectivity index (χ3n) is 3.73. The van der Waals surface area contributed by atoms with E-state index < -0.39 is 0 Å². The molecule has 0 aliphatic carbocycles. The van der Waals surface area contributed by atoms with Gasteiger partial charge in [0.15, 0.2) is 5.11 Å². The first-order chi connectivity index (χ1) is 10.1. The van der Waals surface area contributed by atoms with E-state index in [1.807, 2.05) is 0 Å². The number of thiocarbonyl (C=S) groups is 1. The van der Waals surface area contributed by atoms with Crippen molar-refractivity contribution < 1.29 is 4.74 Å². The van der Waals surface area contributed by atoms with Gasteiger partial charge in [-0.05, 0) is 56.6 Å². The molecule has 0 unspecified atom stereocenters. The van der Waals surface area contributed by atoms with Crippen LogP contribution in [-0.4, -0.2) is 35.3 Å². The topological polar surface area (TPSA) is 24.5 Å². The number of ether oxygens (including phenoxy) is 1. The average Bonchev–Trinajstić information content (AvgIpc) is 2.45. The largest absolute Gasteiger partial charge is 0.372 e. The van der Waals surface area contributed by atoms with Gasteiger partial charge < -0.3 is 15.0 Å². The molecular formula is C17H26N2OS. The van der Waals surface area contributed by atoms with Crippen LogP contribution in [0.1, 0.15) is 39.2 Å². The molecule has 21 heavy (non-hydrogen) atoms. The number of anilines is 1. The summed E-state index contributed by atoms with van der Waals surface area (Å²) in [6.07, 6.45) is 4.08. The molecule has 1 fully saturated rings. The van der Waals surface area contributed by atoms with Crippen LogP contribution in [0.25, 0.3) is 0 Å². The summed E-state index contributed by atoms with van der Waals surface area (Å²) in [5.41, 5.74) is 2.45. The second-order valence-electron chi connectivity index (χ2n) is 5.89. The van der Waals surface area contributed by atoms with Gasteiger partial charge in [0.05, 0.1) is 12.2 Å². The Labute approximate surface area is 133 Å². The van der Waals surface area contributed by atoms with Crippen LogP contribution in [0.5, 0.6) is 0 Å². The number of benzene rings is 1. The average molecular weight is 306 g/mol. The molecule has 0 amide bonds. The number of nitrogens with one attached hydrogen (secondary N) is 1. The quantitative estimate of drug-likeness (QED) is 0.854. The minimum atomic E-state index is 0.227. The van der Waals surface area contributed by atoms with Gasteiger partial charge in [0.2, 0.25) is 0 Å². The number of hydrogen-bond donors (Lipinski definition) is 1. The molecule has 3 nitrogen and oxygen atoms in total. The standard InChI is InChI=1S/C17H26N2OS/c1-4-5-6-15-7-9-16(10-8-15)18-17(21)19-11-13(2)20-14(3)12-19/h7-10,13-14H,4-6,11-12H2,1-3H3,(H,18,21)/t13-,14-/m0/s1. The summed E-state index contributed by atoms with van der Waals surface area (Å²) >= 11 is 5.52. The maximum atomic E-state index is 5.74. The van der Waals surface area contributed by atoms with Crippen LogP contribution in [0.3, 0.4) is 0 Å². The van der Waals surface area contributed by atoms with E-state index in [1.54, 1.807) is 0 Å². The monoisotopic (exact) mass is 306 g/mol. The third-order valence-corrected chi connectivity index (χ3v) is 4.09. The summed E-state index contributed by atoms with van der Waals surface area (Å²) < 4.78 is 5.74. The number of aryl methyl sites for hydroxylation is 1. The van der Waals surface area contributed by atoms with Crippen LogP contribution in [0.2, 0.25) is 0 Å². The Kier molecular flexibility index (Phi) is 6.00. The Bertz CT molecular complexity index is 450. The minimum absolute atomic E-state index is 0.227. The van der Waals surface area contributed by atoms with Crippen LogP contribution in [0.15, 0.2) is 24.3 Å². The van der Waals surface area contributed by atoms with E-state index in [4.69, 9.17) is 17.0 Å². The van der Waals surface area contributed by atoms with Crippen molar-refractivity contribution in [1.29, 1.82) is 0 Å². The number of morpholine rings is 1. The van der Waals surface area contributed by atoms with E-state index in [9.17, 15) is 0 Å². The molecule has 2 rings (SSSR count). The number of hydrogen-bond acceptors (Lipinski definition) is 2. The lowest BCUT2D eigenvalue weighted by Crippen LogP contribution is -2.49. The molecular weight excluding hydrogens is 280 g/mol. The van der Waals surface area contributed by atoms with Crippen molar-refractivity contribution in [2.45, 2.75) is 52.2 Å². The van der Waals surface area contributed by atoms with Crippen molar-refractivity contribution in [2.24, 2.45) is 0 Å². The van der Waals surface area contributed by atoms with E-state index in [-0.39, 0.29) is 12.2 Å². The second-order valence-corrected chi connectivity index (χ2v) is 6.28. The first-order valence-corrected chi connectivity index (χ1v) is 8.29. The first-order valence-electron chi connectivity index (χ1n) is 7.88. The molecule has 0 spiro atoms. The number of unbranched alkanes of at least 4 members (excludes halogenated alkanes) is 1. The maximum absolute atomic E-state index is 5.74. The highest BCUT2D eigenvalue weighted by Gasteiger charge is 2.23. The van der Waals surface area contributed by atoms with Crippen molar-refractivity contribution >= 4 is 23.0 Å². The van der Waals surface area contributed by atoms with Crippen LogP contribution in [0, 0.1) is 0 Å². The van der Waals surface area contributed by atoms with Crippen molar-refractivity contribution in [3.05, 3.63) is 29.8 Å². The van der Waals surface area contributed by atoms with Gasteiger partial charge >= 0.3 is 0 Å². The van der Waals surface area contributed by atoms with Gasteiger partial charge in [-0.2, -0.15) is 0 Å². The van der Waals surface area contributed by atoms with E-state index in [0.29, 0.717) is 0 Å².